The molecule has 1 aliphatic heterocycles. The van der Waals surface area contributed by atoms with Gasteiger partial charge in [-0.25, -0.2) is 0 Å². The van der Waals surface area contributed by atoms with E-state index < -0.39 is 0 Å². The smallest absolute Gasteiger partial charge is 0.170 e. The highest BCUT2D eigenvalue weighted by Gasteiger charge is 2.21. The molecule has 0 atom stereocenters. The van der Waals surface area contributed by atoms with Crippen LogP contribution >= 0.6 is 0 Å². The number of benzene rings is 3. The first-order chi connectivity index (χ1) is 16.2. The summed E-state index contributed by atoms with van der Waals surface area (Å²) < 4.78 is 5.80. The van der Waals surface area contributed by atoms with Crippen LogP contribution in [0, 0.1) is 24.2 Å². The predicted octanol–water partition coefficient (Wildman–Crippen LogP) is 6.52. The second kappa shape index (κ2) is 9.60. The number of rotatable bonds is 6. The van der Waals surface area contributed by atoms with Gasteiger partial charge in [0.1, 0.15) is 0 Å². The minimum absolute atomic E-state index is 0.667. The Balaban J connectivity index is 1.22. The molecule has 0 saturated carbocycles. The summed E-state index contributed by atoms with van der Waals surface area (Å²) in [4.78, 5) is 2.57. The Morgan fingerprint density at radius 2 is 1.85 bits per heavy atom. The highest BCUT2D eigenvalue weighted by Crippen LogP contribution is 2.33. The standard InChI is InChI=1S/C29H29N3O/c1-21-26(25-9-5-8-24(18-25)19-30)11-12-27-28(31-33-29(21)27)13-10-22-14-16-32(17-15-22)20-23-6-3-2-4-7-23/h2-9,11-12,18,22H,10,13-17,20H2,1H3. The third kappa shape index (κ3) is 4.69. The number of nitriles is 1. The summed E-state index contributed by atoms with van der Waals surface area (Å²) in [5.74, 6) is 0.748. The lowest BCUT2D eigenvalue weighted by Crippen LogP contribution is -2.33. The van der Waals surface area contributed by atoms with Crippen LogP contribution in [0.25, 0.3) is 22.1 Å². The van der Waals surface area contributed by atoms with Gasteiger partial charge in [-0.05, 0) is 86.5 Å². The second-order valence-electron chi connectivity index (χ2n) is 9.18. The molecule has 2 heterocycles. The van der Waals surface area contributed by atoms with Crippen molar-refractivity contribution in [1.29, 1.82) is 5.26 Å². The van der Waals surface area contributed by atoms with Gasteiger partial charge in [0.2, 0.25) is 0 Å². The van der Waals surface area contributed by atoms with Crippen molar-refractivity contribution in [2.24, 2.45) is 5.92 Å². The number of likely N-dealkylation sites (tertiary alicyclic amines) is 1. The minimum atomic E-state index is 0.667. The Labute approximate surface area is 195 Å². The number of aryl methyl sites for hydroxylation is 2. The number of hydrogen-bond donors (Lipinski definition) is 0. The van der Waals surface area contributed by atoms with Crippen molar-refractivity contribution in [3.05, 3.63) is 89.1 Å². The Morgan fingerprint density at radius 3 is 2.64 bits per heavy atom. The van der Waals surface area contributed by atoms with E-state index in [1.165, 1.54) is 31.5 Å². The van der Waals surface area contributed by atoms with Crippen molar-refractivity contribution in [2.75, 3.05) is 13.1 Å². The Kier molecular flexibility index (Phi) is 6.24. The van der Waals surface area contributed by atoms with Gasteiger partial charge in [-0.2, -0.15) is 5.26 Å². The molecule has 0 aliphatic carbocycles. The van der Waals surface area contributed by atoms with Crippen molar-refractivity contribution in [2.45, 2.75) is 39.2 Å². The Morgan fingerprint density at radius 1 is 1.03 bits per heavy atom. The van der Waals surface area contributed by atoms with E-state index in [1.54, 1.807) is 0 Å². The van der Waals surface area contributed by atoms with Crippen LogP contribution in [0.15, 0.2) is 71.3 Å². The second-order valence-corrected chi connectivity index (χ2v) is 9.18. The first kappa shape index (κ1) is 21.4. The molecular formula is C29H29N3O. The van der Waals surface area contributed by atoms with Gasteiger partial charge in [-0.3, -0.25) is 4.90 Å². The highest BCUT2D eigenvalue weighted by molar-refractivity contribution is 5.89. The van der Waals surface area contributed by atoms with Crippen molar-refractivity contribution in [3.63, 3.8) is 0 Å². The lowest BCUT2D eigenvalue weighted by molar-refractivity contribution is 0.172. The molecule has 4 nitrogen and oxygen atoms in total. The van der Waals surface area contributed by atoms with E-state index in [2.05, 4.69) is 65.5 Å². The average molecular weight is 436 g/mol. The third-order valence-electron chi connectivity index (χ3n) is 7.01. The molecular weight excluding hydrogens is 406 g/mol. The summed E-state index contributed by atoms with van der Waals surface area (Å²) in [5, 5.41) is 14.8. The van der Waals surface area contributed by atoms with E-state index in [4.69, 9.17) is 4.52 Å². The Bertz CT molecular complexity index is 1280. The van der Waals surface area contributed by atoms with E-state index in [0.717, 1.165) is 58.7 Å². The molecule has 1 aromatic heterocycles. The van der Waals surface area contributed by atoms with Crippen molar-refractivity contribution < 1.29 is 4.52 Å². The fourth-order valence-electron chi connectivity index (χ4n) is 5.05. The molecule has 33 heavy (non-hydrogen) atoms. The molecule has 0 bridgehead atoms. The number of piperidine rings is 1. The first-order valence-electron chi connectivity index (χ1n) is 11.9. The fraction of sp³-hybridized carbons (Fsp3) is 0.310. The van der Waals surface area contributed by atoms with Crippen molar-refractivity contribution in [3.8, 4) is 17.2 Å². The normalized spacial score (nSPS) is 15.0. The van der Waals surface area contributed by atoms with E-state index >= 15 is 0 Å². The zero-order valence-corrected chi connectivity index (χ0v) is 19.1. The minimum Gasteiger partial charge on any atom is -0.356 e. The molecule has 0 amide bonds. The summed E-state index contributed by atoms with van der Waals surface area (Å²) in [6, 6.07) is 25.0. The highest BCUT2D eigenvalue weighted by atomic mass is 16.5. The van der Waals surface area contributed by atoms with Crippen LogP contribution < -0.4 is 0 Å². The zero-order valence-electron chi connectivity index (χ0n) is 19.1. The quantitative estimate of drug-likeness (QED) is 0.346. The maximum Gasteiger partial charge on any atom is 0.170 e. The Hall–Kier alpha value is -3.42. The molecule has 5 rings (SSSR count). The lowest BCUT2D eigenvalue weighted by Gasteiger charge is -2.31. The molecule has 0 N–H and O–H groups in total. The molecule has 3 aromatic carbocycles. The maximum atomic E-state index is 9.22. The van der Waals surface area contributed by atoms with Crippen molar-refractivity contribution in [1.82, 2.24) is 10.1 Å². The molecule has 1 saturated heterocycles. The molecule has 0 spiro atoms. The molecule has 1 aliphatic rings. The number of hydrogen-bond acceptors (Lipinski definition) is 4. The van der Waals surface area contributed by atoms with Crippen LogP contribution in [0.2, 0.25) is 0 Å². The average Bonchev–Trinajstić information content (AvgIpc) is 3.28. The third-order valence-corrected chi connectivity index (χ3v) is 7.01. The molecule has 1 fully saturated rings. The maximum absolute atomic E-state index is 9.22. The number of nitrogens with zero attached hydrogens (tertiary/aromatic N) is 3. The van der Waals surface area contributed by atoms with Gasteiger partial charge in [0, 0.05) is 17.5 Å². The summed E-state index contributed by atoms with van der Waals surface area (Å²) in [5.41, 5.74) is 7.20. The van der Waals surface area contributed by atoms with Crippen LogP contribution in [0.5, 0.6) is 0 Å². The molecule has 4 heteroatoms. The van der Waals surface area contributed by atoms with E-state index in [9.17, 15) is 5.26 Å². The monoisotopic (exact) mass is 435 g/mol. The molecule has 166 valence electrons. The first-order valence-corrected chi connectivity index (χ1v) is 11.9. The summed E-state index contributed by atoms with van der Waals surface area (Å²) in [6.45, 7) is 5.47. The topological polar surface area (TPSA) is 53.1 Å². The van der Waals surface area contributed by atoms with Crippen LogP contribution in [0.4, 0.5) is 0 Å². The van der Waals surface area contributed by atoms with Crippen LogP contribution in [-0.4, -0.2) is 23.1 Å². The van der Waals surface area contributed by atoms with E-state index in [-0.39, 0.29) is 0 Å². The van der Waals surface area contributed by atoms with Crippen LogP contribution in [-0.2, 0) is 13.0 Å². The molecule has 0 unspecified atom stereocenters. The largest absolute Gasteiger partial charge is 0.356 e. The summed E-state index contributed by atoms with van der Waals surface area (Å²) >= 11 is 0. The van der Waals surface area contributed by atoms with Crippen LogP contribution in [0.1, 0.15) is 41.6 Å². The molecule has 4 aromatic rings. The SMILES string of the molecule is Cc1c(-c2cccc(C#N)c2)ccc2c(CCC3CCN(Cc4ccccc4)CC3)noc12. The lowest BCUT2D eigenvalue weighted by atomic mass is 9.90. The van der Waals surface area contributed by atoms with Gasteiger partial charge in [-0.15, -0.1) is 0 Å². The fourth-order valence-corrected chi connectivity index (χ4v) is 5.05. The van der Waals surface area contributed by atoms with Gasteiger partial charge < -0.3 is 4.52 Å². The van der Waals surface area contributed by atoms with E-state index in [0.29, 0.717) is 5.56 Å². The van der Waals surface area contributed by atoms with Gasteiger partial charge >= 0.3 is 0 Å². The van der Waals surface area contributed by atoms with E-state index in [1.807, 2.05) is 24.3 Å². The van der Waals surface area contributed by atoms with Crippen LogP contribution in [0.3, 0.4) is 0 Å². The zero-order chi connectivity index (χ0) is 22.6. The predicted molar refractivity (Wildman–Crippen MR) is 132 cm³/mol. The number of fused-ring (bicyclic) bond motifs is 1. The molecule has 0 radical (unpaired) electrons. The van der Waals surface area contributed by atoms with Crippen molar-refractivity contribution >= 4 is 11.0 Å². The summed E-state index contributed by atoms with van der Waals surface area (Å²) in [6.07, 6.45) is 4.62. The summed E-state index contributed by atoms with van der Waals surface area (Å²) in [7, 11) is 0. The van der Waals surface area contributed by atoms with Gasteiger partial charge in [0.15, 0.2) is 5.58 Å². The van der Waals surface area contributed by atoms with Gasteiger partial charge in [0.05, 0.1) is 17.3 Å². The van der Waals surface area contributed by atoms with Gasteiger partial charge in [0.25, 0.3) is 0 Å². The van der Waals surface area contributed by atoms with Gasteiger partial charge in [-0.1, -0.05) is 53.7 Å². The number of aromatic nitrogens is 1.